The van der Waals surface area contributed by atoms with E-state index in [-0.39, 0.29) is 0 Å². The Bertz CT molecular complexity index is 281. The van der Waals surface area contributed by atoms with Crippen LogP contribution < -0.4 is 0 Å². The molecule has 1 rings (SSSR count). The molecular weight excluding hydrogens is 164 g/mol. The first-order valence-electron chi connectivity index (χ1n) is 4.51. The average molecular weight is 178 g/mol. The molecule has 1 N–H and O–H groups in total. The molecule has 0 radical (unpaired) electrons. The molecule has 0 bridgehead atoms. The number of hydrogen-bond acceptors (Lipinski definition) is 2. The third-order valence-corrected chi connectivity index (χ3v) is 2.04. The summed E-state index contributed by atoms with van der Waals surface area (Å²) in [4.78, 5) is 10.6. The Morgan fingerprint density at radius 2 is 2.15 bits per heavy atom. The molecule has 1 unspecified atom stereocenters. The number of hydrogen-bond donors (Lipinski definition) is 1. The molecule has 0 fully saturated rings. The summed E-state index contributed by atoms with van der Waals surface area (Å²) >= 11 is 0. The molecule has 0 spiro atoms. The van der Waals surface area contributed by atoms with Crippen molar-refractivity contribution >= 4 is 6.29 Å². The van der Waals surface area contributed by atoms with Crippen molar-refractivity contribution in [3.63, 3.8) is 0 Å². The lowest BCUT2D eigenvalue weighted by molar-refractivity contribution is 0.111. The number of aldehydes is 1. The molecule has 0 amide bonds. The predicted octanol–water partition coefficient (Wildman–Crippen LogP) is 2.33. The zero-order valence-electron chi connectivity index (χ0n) is 7.73. The van der Waals surface area contributed by atoms with E-state index in [0.717, 1.165) is 18.3 Å². The Kier molecular flexibility index (Phi) is 3.65. The van der Waals surface area contributed by atoms with Crippen LogP contribution in [0.25, 0.3) is 0 Å². The topological polar surface area (TPSA) is 37.3 Å². The Balaban J connectivity index is 2.91. The third kappa shape index (κ3) is 2.39. The second-order valence-electron chi connectivity index (χ2n) is 3.05. The van der Waals surface area contributed by atoms with Crippen molar-refractivity contribution in [3.8, 4) is 0 Å². The molecule has 0 aliphatic heterocycles. The highest BCUT2D eigenvalue weighted by Crippen LogP contribution is 2.20. The molecule has 1 aromatic rings. The Morgan fingerprint density at radius 1 is 1.46 bits per heavy atom. The first-order chi connectivity index (χ1) is 6.29. The van der Waals surface area contributed by atoms with E-state index in [1.807, 2.05) is 13.0 Å². The smallest absolute Gasteiger partial charge is 0.150 e. The van der Waals surface area contributed by atoms with Gasteiger partial charge in [-0.2, -0.15) is 0 Å². The zero-order chi connectivity index (χ0) is 9.68. The van der Waals surface area contributed by atoms with Crippen LogP contribution in [0, 0.1) is 0 Å². The van der Waals surface area contributed by atoms with E-state index in [1.165, 1.54) is 0 Å². The van der Waals surface area contributed by atoms with Crippen LogP contribution in [0.1, 0.15) is 41.8 Å². The predicted molar refractivity (Wildman–Crippen MR) is 51.7 cm³/mol. The summed E-state index contributed by atoms with van der Waals surface area (Å²) < 4.78 is 0. The number of benzene rings is 1. The van der Waals surface area contributed by atoms with Crippen LogP contribution >= 0.6 is 0 Å². The molecular formula is C11H14O2. The van der Waals surface area contributed by atoms with E-state index in [9.17, 15) is 9.90 Å². The van der Waals surface area contributed by atoms with Gasteiger partial charge in [0.15, 0.2) is 0 Å². The van der Waals surface area contributed by atoms with Gasteiger partial charge in [0, 0.05) is 5.56 Å². The third-order valence-electron chi connectivity index (χ3n) is 2.04. The van der Waals surface area contributed by atoms with Gasteiger partial charge < -0.3 is 5.11 Å². The van der Waals surface area contributed by atoms with Crippen molar-refractivity contribution in [2.45, 2.75) is 25.9 Å². The molecule has 1 atom stereocenters. The molecule has 2 nitrogen and oxygen atoms in total. The molecule has 0 aliphatic rings. The van der Waals surface area contributed by atoms with Gasteiger partial charge in [0.05, 0.1) is 6.10 Å². The van der Waals surface area contributed by atoms with Crippen LogP contribution in [0.4, 0.5) is 0 Å². The minimum atomic E-state index is -0.508. The molecule has 2 heteroatoms. The molecule has 0 saturated carbocycles. The molecule has 0 aliphatic carbocycles. The minimum Gasteiger partial charge on any atom is -0.388 e. The molecule has 70 valence electrons. The Morgan fingerprint density at radius 3 is 2.77 bits per heavy atom. The van der Waals surface area contributed by atoms with Crippen molar-refractivity contribution in [3.05, 3.63) is 35.4 Å². The van der Waals surface area contributed by atoms with E-state index < -0.39 is 6.10 Å². The normalized spacial score (nSPS) is 12.5. The van der Waals surface area contributed by atoms with Gasteiger partial charge >= 0.3 is 0 Å². The number of aliphatic hydroxyl groups excluding tert-OH is 1. The maximum Gasteiger partial charge on any atom is 0.150 e. The summed E-state index contributed by atoms with van der Waals surface area (Å²) in [5.74, 6) is 0. The zero-order valence-corrected chi connectivity index (χ0v) is 7.73. The fourth-order valence-electron chi connectivity index (χ4n) is 1.35. The fourth-order valence-corrected chi connectivity index (χ4v) is 1.35. The quantitative estimate of drug-likeness (QED) is 0.718. The number of rotatable bonds is 4. The summed E-state index contributed by atoms with van der Waals surface area (Å²) in [5, 5.41) is 9.67. The van der Waals surface area contributed by atoms with Crippen molar-refractivity contribution in [2.75, 3.05) is 0 Å². The van der Waals surface area contributed by atoms with Gasteiger partial charge in [0.25, 0.3) is 0 Å². The van der Waals surface area contributed by atoms with Gasteiger partial charge in [-0.3, -0.25) is 4.79 Å². The minimum absolute atomic E-state index is 0.508. The maximum atomic E-state index is 10.6. The van der Waals surface area contributed by atoms with E-state index >= 15 is 0 Å². The lowest BCUT2D eigenvalue weighted by atomic mass is 10.0. The highest BCUT2D eigenvalue weighted by Gasteiger charge is 2.09. The van der Waals surface area contributed by atoms with E-state index in [4.69, 9.17) is 0 Å². The summed E-state index contributed by atoms with van der Waals surface area (Å²) in [5.41, 5.74) is 1.32. The maximum absolute atomic E-state index is 10.6. The largest absolute Gasteiger partial charge is 0.388 e. The van der Waals surface area contributed by atoms with Crippen molar-refractivity contribution < 1.29 is 9.90 Å². The average Bonchev–Trinajstić information content (AvgIpc) is 2.18. The Hall–Kier alpha value is -1.15. The highest BCUT2D eigenvalue weighted by atomic mass is 16.3. The summed E-state index contributed by atoms with van der Waals surface area (Å²) in [6, 6.07) is 7.15. The second-order valence-corrected chi connectivity index (χ2v) is 3.05. The summed E-state index contributed by atoms with van der Waals surface area (Å²) in [7, 11) is 0. The van der Waals surface area contributed by atoms with Crippen LogP contribution in [0.15, 0.2) is 24.3 Å². The van der Waals surface area contributed by atoms with E-state index in [2.05, 4.69) is 0 Å². The highest BCUT2D eigenvalue weighted by molar-refractivity contribution is 5.77. The van der Waals surface area contributed by atoms with Crippen molar-refractivity contribution in [1.29, 1.82) is 0 Å². The molecule has 0 aromatic heterocycles. The first kappa shape index (κ1) is 9.93. The lowest BCUT2D eigenvalue weighted by Crippen LogP contribution is -2.00. The fraction of sp³-hybridized carbons (Fsp3) is 0.364. The lowest BCUT2D eigenvalue weighted by Gasteiger charge is -2.11. The van der Waals surface area contributed by atoms with Crippen LogP contribution in [-0.2, 0) is 0 Å². The van der Waals surface area contributed by atoms with Crippen LogP contribution in [-0.4, -0.2) is 11.4 Å². The van der Waals surface area contributed by atoms with E-state index in [0.29, 0.717) is 12.0 Å². The van der Waals surface area contributed by atoms with Crippen LogP contribution in [0.5, 0.6) is 0 Å². The standard InChI is InChI=1S/C11H14O2/c1-2-5-11(13)10-7-4-3-6-9(10)8-12/h3-4,6-8,11,13H,2,5H2,1H3. The molecule has 0 heterocycles. The summed E-state index contributed by atoms with van der Waals surface area (Å²) in [6.45, 7) is 2.01. The monoisotopic (exact) mass is 178 g/mol. The van der Waals surface area contributed by atoms with Gasteiger partial charge in [0.2, 0.25) is 0 Å². The SMILES string of the molecule is CCCC(O)c1ccccc1C=O. The number of carbonyl (C=O) groups excluding carboxylic acids is 1. The van der Waals surface area contributed by atoms with Crippen molar-refractivity contribution in [1.82, 2.24) is 0 Å². The van der Waals surface area contributed by atoms with Gasteiger partial charge in [0.1, 0.15) is 6.29 Å². The first-order valence-corrected chi connectivity index (χ1v) is 4.51. The molecule has 0 saturated heterocycles. The van der Waals surface area contributed by atoms with Crippen molar-refractivity contribution in [2.24, 2.45) is 0 Å². The van der Waals surface area contributed by atoms with Gasteiger partial charge in [-0.15, -0.1) is 0 Å². The number of aliphatic hydroxyl groups is 1. The number of carbonyl (C=O) groups is 1. The summed E-state index contributed by atoms with van der Waals surface area (Å²) in [6.07, 6.45) is 1.89. The van der Waals surface area contributed by atoms with Gasteiger partial charge in [-0.05, 0) is 12.0 Å². The molecule has 1 aromatic carbocycles. The Labute approximate surface area is 78.2 Å². The van der Waals surface area contributed by atoms with Crippen LogP contribution in [0.3, 0.4) is 0 Å². The van der Waals surface area contributed by atoms with Crippen LogP contribution in [0.2, 0.25) is 0 Å². The molecule has 13 heavy (non-hydrogen) atoms. The second kappa shape index (κ2) is 4.77. The van der Waals surface area contributed by atoms with E-state index in [1.54, 1.807) is 18.2 Å². The van der Waals surface area contributed by atoms with Gasteiger partial charge in [-0.25, -0.2) is 0 Å². The van der Waals surface area contributed by atoms with Gasteiger partial charge in [-0.1, -0.05) is 37.6 Å².